The Labute approximate surface area is 137 Å². The Kier molecular flexibility index (Phi) is 5.20. The van der Waals surface area contributed by atoms with Gasteiger partial charge in [-0.2, -0.15) is 0 Å². The second-order valence-corrected chi connectivity index (χ2v) is 7.74. The minimum atomic E-state index is -0.723. The van der Waals surface area contributed by atoms with Crippen molar-refractivity contribution < 1.29 is 23.8 Å². The van der Waals surface area contributed by atoms with Crippen molar-refractivity contribution in [2.24, 2.45) is 11.1 Å². The molecule has 2 fully saturated rings. The third kappa shape index (κ3) is 4.81. The maximum atomic E-state index is 11.7. The molecular formula is C16H28N2O5. The molecule has 0 radical (unpaired) electrons. The molecule has 7 nitrogen and oxygen atoms in total. The number of hydrogen-bond donors (Lipinski definition) is 2. The number of nitrogens with one attached hydrogen (secondary N) is 1. The van der Waals surface area contributed by atoms with Crippen LogP contribution in [0.25, 0.3) is 0 Å². The molecule has 23 heavy (non-hydrogen) atoms. The molecule has 2 saturated carbocycles. The number of methoxy groups -OCH3 is 1. The fraction of sp³-hybridized carbons (Fsp3) is 0.875. The van der Waals surface area contributed by atoms with Crippen LogP contribution in [0.1, 0.15) is 46.5 Å². The number of ether oxygens (including phenoxy) is 3. The van der Waals surface area contributed by atoms with Crippen molar-refractivity contribution in [3.8, 4) is 0 Å². The van der Waals surface area contributed by atoms with Crippen LogP contribution in [-0.4, -0.2) is 49.6 Å². The van der Waals surface area contributed by atoms with Gasteiger partial charge in [0.15, 0.2) is 0 Å². The Morgan fingerprint density at radius 2 is 1.87 bits per heavy atom. The Morgan fingerprint density at radius 1 is 1.26 bits per heavy atom. The number of alkyl carbamates (subject to hydrolysis) is 1. The highest BCUT2D eigenvalue weighted by Crippen LogP contribution is 2.56. The van der Waals surface area contributed by atoms with E-state index in [-0.39, 0.29) is 30.3 Å². The molecule has 132 valence electrons. The molecular weight excluding hydrogens is 300 g/mol. The summed E-state index contributed by atoms with van der Waals surface area (Å²) in [6.07, 6.45) is 3.60. The van der Waals surface area contributed by atoms with Crippen LogP contribution in [-0.2, 0) is 19.0 Å². The zero-order valence-electron chi connectivity index (χ0n) is 14.4. The highest BCUT2D eigenvalue weighted by atomic mass is 16.6. The molecule has 0 saturated heterocycles. The largest absolute Gasteiger partial charge is 0.468 e. The van der Waals surface area contributed by atoms with Gasteiger partial charge in [-0.05, 0) is 51.9 Å². The monoisotopic (exact) mass is 328 g/mol. The first-order chi connectivity index (χ1) is 10.6. The molecule has 7 heteroatoms. The maximum absolute atomic E-state index is 11.7. The van der Waals surface area contributed by atoms with Crippen molar-refractivity contribution >= 4 is 12.1 Å². The normalized spacial score (nSPS) is 30.8. The molecule has 0 aromatic rings. The Bertz CT molecular complexity index is 446. The third-order valence-electron chi connectivity index (χ3n) is 4.42. The Hall–Kier alpha value is -1.34. The molecule has 2 aliphatic rings. The summed E-state index contributed by atoms with van der Waals surface area (Å²) in [5, 5.41) is 2.90. The Balaban J connectivity index is 1.60. The maximum Gasteiger partial charge on any atom is 0.407 e. The second kappa shape index (κ2) is 6.65. The van der Waals surface area contributed by atoms with Crippen molar-refractivity contribution in [3.05, 3.63) is 0 Å². The van der Waals surface area contributed by atoms with E-state index in [1.165, 1.54) is 7.11 Å². The summed E-state index contributed by atoms with van der Waals surface area (Å²) in [7, 11) is 1.31. The number of amides is 1. The lowest BCUT2D eigenvalue weighted by atomic mass is 9.53. The summed E-state index contributed by atoms with van der Waals surface area (Å²) in [6, 6.07) is -0.539. The zero-order valence-corrected chi connectivity index (χ0v) is 14.4. The van der Waals surface area contributed by atoms with E-state index < -0.39 is 17.6 Å². The lowest BCUT2D eigenvalue weighted by Crippen LogP contribution is -2.58. The minimum absolute atomic E-state index is 0.146. The second-order valence-electron chi connectivity index (χ2n) is 7.74. The number of nitrogens with two attached hydrogens (primary N) is 1. The SMILES string of the molecule is COC(=O)[C@@H](N)COC1CC2(CC(NC(=O)OC(C)(C)C)C2)C1. The average molecular weight is 328 g/mol. The molecule has 0 aliphatic heterocycles. The van der Waals surface area contributed by atoms with Crippen molar-refractivity contribution in [1.29, 1.82) is 0 Å². The van der Waals surface area contributed by atoms with Gasteiger partial charge in [-0.15, -0.1) is 0 Å². The number of carbonyl (C=O) groups excluding carboxylic acids is 2. The quantitative estimate of drug-likeness (QED) is 0.739. The van der Waals surface area contributed by atoms with E-state index >= 15 is 0 Å². The summed E-state index contributed by atoms with van der Waals surface area (Å²) in [6.45, 7) is 5.73. The number of carbonyl (C=O) groups is 2. The van der Waals surface area contributed by atoms with E-state index in [2.05, 4.69) is 10.1 Å². The first kappa shape index (κ1) is 18.0. The molecule has 2 rings (SSSR count). The summed E-state index contributed by atoms with van der Waals surface area (Å²) in [5.74, 6) is -0.454. The van der Waals surface area contributed by atoms with E-state index in [9.17, 15) is 9.59 Å². The molecule has 0 heterocycles. The minimum Gasteiger partial charge on any atom is -0.468 e. The standard InChI is InChI=1S/C16H28N2O5/c1-15(2,3)23-14(20)18-10-5-16(6-10)7-11(8-16)22-9-12(17)13(19)21-4/h10-12H,5-9,17H2,1-4H3,(H,18,20)/t10?,11?,12-,16?/m0/s1. The molecule has 0 aromatic carbocycles. The van der Waals surface area contributed by atoms with Gasteiger partial charge in [-0.3, -0.25) is 4.79 Å². The van der Waals surface area contributed by atoms with Crippen molar-refractivity contribution in [2.45, 2.75) is 70.2 Å². The van der Waals surface area contributed by atoms with Crippen LogP contribution < -0.4 is 11.1 Å². The van der Waals surface area contributed by atoms with E-state index in [1.54, 1.807) is 0 Å². The van der Waals surface area contributed by atoms with Crippen LogP contribution in [0.2, 0.25) is 0 Å². The molecule has 1 atom stereocenters. The summed E-state index contributed by atoms with van der Waals surface area (Å²) >= 11 is 0. The van der Waals surface area contributed by atoms with Crippen molar-refractivity contribution in [3.63, 3.8) is 0 Å². The van der Waals surface area contributed by atoms with Crippen LogP contribution >= 0.6 is 0 Å². The van der Waals surface area contributed by atoms with Gasteiger partial charge in [-0.25, -0.2) is 4.79 Å². The summed E-state index contributed by atoms with van der Waals surface area (Å²) < 4.78 is 15.4. The molecule has 1 amide bonds. The third-order valence-corrected chi connectivity index (χ3v) is 4.42. The van der Waals surface area contributed by atoms with Crippen LogP contribution in [0.3, 0.4) is 0 Å². The van der Waals surface area contributed by atoms with E-state index in [4.69, 9.17) is 15.2 Å². The molecule has 0 aromatic heterocycles. The predicted octanol–water partition coefficient (Wildman–Crippen LogP) is 1.34. The van der Waals surface area contributed by atoms with Gasteiger partial charge < -0.3 is 25.3 Å². The van der Waals surface area contributed by atoms with Crippen molar-refractivity contribution in [2.75, 3.05) is 13.7 Å². The molecule has 0 bridgehead atoms. The van der Waals surface area contributed by atoms with Gasteiger partial charge in [0.2, 0.25) is 0 Å². The van der Waals surface area contributed by atoms with E-state index in [0.717, 1.165) is 25.7 Å². The number of esters is 1. The summed E-state index contributed by atoms with van der Waals surface area (Å²) in [5.41, 5.74) is 5.44. The smallest absolute Gasteiger partial charge is 0.407 e. The number of rotatable bonds is 5. The molecule has 2 aliphatic carbocycles. The highest BCUT2D eigenvalue weighted by Gasteiger charge is 2.54. The summed E-state index contributed by atoms with van der Waals surface area (Å²) in [4.78, 5) is 22.9. The zero-order chi connectivity index (χ0) is 17.3. The van der Waals surface area contributed by atoms with Gasteiger partial charge in [0.1, 0.15) is 11.6 Å². The predicted molar refractivity (Wildman–Crippen MR) is 83.8 cm³/mol. The van der Waals surface area contributed by atoms with Gasteiger partial charge in [-0.1, -0.05) is 0 Å². The number of hydrogen-bond acceptors (Lipinski definition) is 6. The lowest BCUT2D eigenvalue weighted by Gasteiger charge is -2.57. The first-order valence-corrected chi connectivity index (χ1v) is 8.07. The Morgan fingerprint density at radius 3 is 2.39 bits per heavy atom. The highest BCUT2D eigenvalue weighted by molar-refractivity contribution is 5.75. The van der Waals surface area contributed by atoms with Gasteiger partial charge in [0.05, 0.1) is 19.8 Å². The van der Waals surface area contributed by atoms with Crippen molar-refractivity contribution in [1.82, 2.24) is 5.32 Å². The van der Waals surface area contributed by atoms with Crippen LogP contribution in [0.4, 0.5) is 4.79 Å². The van der Waals surface area contributed by atoms with Crippen LogP contribution in [0.15, 0.2) is 0 Å². The van der Waals surface area contributed by atoms with Crippen LogP contribution in [0, 0.1) is 5.41 Å². The van der Waals surface area contributed by atoms with E-state index in [1.807, 2.05) is 20.8 Å². The van der Waals surface area contributed by atoms with Gasteiger partial charge in [0.25, 0.3) is 0 Å². The molecule has 1 spiro atoms. The fourth-order valence-corrected chi connectivity index (χ4v) is 3.38. The van der Waals surface area contributed by atoms with Gasteiger partial charge >= 0.3 is 12.1 Å². The lowest BCUT2D eigenvalue weighted by molar-refractivity contribution is -0.151. The molecule has 0 unspecified atom stereocenters. The molecule has 3 N–H and O–H groups in total. The fourth-order valence-electron chi connectivity index (χ4n) is 3.38. The average Bonchev–Trinajstić information content (AvgIpc) is 2.35. The topological polar surface area (TPSA) is 99.9 Å². The first-order valence-electron chi connectivity index (χ1n) is 8.07. The van der Waals surface area contributed by atoms with Crippen LogP contribution in [0.5, 0.6) is 0 Å². The van der Waals surface area contributed by atoms with Gasteiger partial charge in [0, 0.05) is 6.04 Å². The van der Waals surface area contributed by atoms with E-state index in [0.29, 0.717) is 0 Å².